The van der Waals surface area contributed by atoms with E-state index in [1.54, 1.807) is 7.11 Å². The highest BCUT2D eigenvalue weighted by molar-refractivity contribution is 7.11. The van der Waals surface area contributed by atoms with Gasteiger partial charge in [0, 0.05) is 28.9 Å². The maximum absolute atomic E-state index is 5.47. The van der Waals surface area contributed by atoms with Crippen LogP contribution in [0.1, 0.15) is 43.9 Å². The number of hydrogen-bond acceptors (Lipinski definition) is 3. The number of ether oxygens (including phenoxy) is 1. The van der Waals surface area contributed by atoms with Crippen LogP contribution in [0.15, 0.2) is 12.1 Å². The third-order valence-corrected chi connectivity index (χ3v) is 4.25. The Kier molecular flexibility index (Phi) is 5.83. The Morgan fingerprint density at radius 2 is 1.94 bits per heavy atom. The van der Waals surface area contributed by atoms with Gasteiger partial charge in [0.2, 0.25) is 0 Å². The minimum absolute atomic E-state index is 0.0499. The number of aryl methyl sites for hydroxylation is 1. The van der Waals surface area contributed by atoms with Crippen LogP contribution in [0.2, 0.25) is 0 Å². The maximum Gasteiger partial charge on any atom is 0.0637 e. The molecule has 2 unspecified atom stereocenters. The van der Waals surface area contributed by atoms with Crippen LogP contribution in [-0.4, -0.2) is 24.8 Å². The maximum atomic E-state index is 5.47. The molecule has 0 bridgehead atoms. The molecule has 18 heavy (non-hydrogen) atoms. The van der Waals surface area contributed by atoms with Crippen molar-refractivity contribution in [2.24, 2.45) is 0 Å². The average Bonchev–Trinajstić information content (AvgIpc) is 2.62. The van der Waals surface area contributed by atoms with E-state index in [1.165, 1.54) is 9.75 Å². The summed E-state index contributed by atoms with van der Waals surface area (Å²) in [6, 6.07) is 5.41. The molecule has 0 radical (unpaired) electrons. The molecule has 0 aliphatic carbocycles. The second kappa shape index (κ2) is 6.69. The van der Waals surface area contributed by atoms with Gasteiger partial charge < -0.3 is 10.1 Å². The minimum Gasteiger partial charge on any atom is -0.379 e. The molecular formula is C15H27NOS. The highest BCUT2D eigenvalue weighted by Gasteiger charge is 2.21. The number of hydrogen-bond donors (Lipinski definition) is 1. The SMILES string of the molecule is COC(C)(C)CC(C)NC(C)Cc1ccc(C)s1. The lowest BCUT2D eigenvalue weighted by Crippen LogP contribution is -2.40. The Balaban J connectivity index is 2.38. The van der Waals surface area contributed by atoms with Gasteiger partial charge >= 0.3 is 0 Å². The largest absolute Gasteiger partial charge is 0.379 e. The summed E-state index contributed by atoms with van der Waals surface area (Å²) < 4.78 is 5.47. The molecule has 1 aromatic rings. The molecule has 3 heteroatoms. The Labute approximate surface area is 116 Å². The first kappa shape index (κ1) is 15.7. The smallest absolute Gasteiger partial charge is 0.0637 e. The number of nitrogens with one attached hydrogen (secondary N) is 1. The van der Waals surface area contributed by atoms with Crippen LogP contribution in [0.25, 0.3) is 0 Å². The first-order valence-electron chi connectivity index (χ1n) is 6.69. The van der Waals surface area contributed by atoms with Crippen molar-refractivity contribution in [1.82, 2.24) is 5.32 Å². The topological polar surface area (TPSA) is 21.3 Å². The van der Waals surface area contributed by atoms with Crippen LogP contribution in [0, 0.1) is 6.92 Å². The summed E-state index contributed by atoms with van der Waals surface area (Å²) in [5.41, 5.74) is -0.0499. The lowest BCUT2D eigenvalue weighted by atomic mass is 9.99. The zero-order chi connectivity index (χ0) is 13.8. The van der Waals surface area contributed by atoms with Gasteiger partial charge in [-0.05, 0) is 59.6 Å². The Bertz CT molecular complexity index is 359. The molecule has 104 valence electrons. The molecular weight excluding hydrogens is 242 g/mol. The average molecular weight is 269 g/mol. The molecule has 0 aliphatic heterocycles. The first-order valence-corrected chi connectivity index (χ1v) is 7.50. The summed E-state index contributed by atoms with van der Waals surface area (Å²) in [6.07, 6.45) is 2.13. The van der Waals surface area contributed by atoms with Crippen molar-refractivity contribution in [3.05, 3.63) is 21.9 Å². The molecule has 0 amide bonds. The van der Waals surface area contributed by atoms with Crippen LogP contribution >= 0.6 is 11.3 Å². The Hall–Kier alpha value is -0.380. The third kappa shape index (κ3) is 5.51. The lowest BCUT2D eigenvalue weighted by molar-refractivity contribution is 0.00787. The van der Waals surface area contributed by atoms with Gasteiger partial charge in [0.1, 0.15) is 0 Å². The fourth-order valence-corrected chi connectivity index (χ4v) is 3.34. The summed E-state index contributed by atoms with van der Waals surface area (Å²) in [7, 11) is 1.78. The Morgan fingerprint density at radius 1 is 1.28 bits per heavy atom. The van der Waals surface area contributed by atoms with E-state index in [0.29, 0.717) is 12.1 Å². The van der Waals surface area contributed by atoms with Crippen LogP contribution in [0.3, 0.4) is 0 Å². The summed E-state index contributed by atoms with van der Waals surface area (Å²) in [5, 5.41) is 3.65. The van der Waals surface area contributed by atoms with Crippen molar-refractivity contribution in [2.75, 3.05) is 7.11 Å². The zero-order valence-electron chi connectivity index (χ0n) is 12.5. The van der Waals surface area contributed by atoms with Gasteiger partial charge in [0.25, 0.3) is 0 Å². The predicted molar refractivity (Wildman–Crippen MR) is 80.5 cm³/mol. The number of thiophene rings is 1. The highest BCUT2D eigenvalue weighted by Crippen LogP contribution is 2.18. The van der Waals surface area contributed by atoms with E-state index in [4.69, 9.17) is 4.74 Å². The number of methoxy groups -OCH3 is 1. The molecule has 1 N–H and O–H groups in total. The van der Waals surface area contributed by atoms with Crippen molar-refractivity contribution in [1.29, 1.82) is 0 Å². The standard InChI is InChI=1S/C15H27NOS/c1-11(9-14-8-7-13(3)18-14)16-12(2)10-15(4,5)17-6/h7-8,11-12,16H,9-10H2,1-6H3. The minimum atomic E-state index is -0.0499. The third-order valence-electron chi connectivity index (χ3n) is 3.22. The second-order valence-electron chi connectivity index (χ2n) is 5.85. The van der Waals surface area contributed by atoms with Crippen molar-refractivity contribution >= 4 is 11.3 Å². The fraction of sp³-hybridized carbons (Fsp3) is 0.733. The van der Waals surface area contributed by atoms with Gasteiger partial charge in [0.15, 0.2) is 0 Å². The molecule has 2 nitrogen and oxygen atoms in total. The van der Waals surface area contributed by atoms with Gasteiger partial charge in [0.05, 0.1) is 5.60 Å². The van der Waals surface area contributed by atoms with Crippen LogP contribution in [0.5, 0.6) is 0 Å². The van der Waals surface area contributed by atoms with E-state index in [1.807, 2.05) is 11.3 Å². The van der Waals surface area contributed by atoms with Crippen molar-refractivity contribution < 1.29 is 4.74 Å². The summed E-state index contributed by atoms with van der Waals surface area (Å²) in [4.78, 5) is 2.86. The van der Waals surface area contributed by atoms with E-state index in [0.717, 1.165) is 12.8 Å². The first-order chi connectivity index (χ1) is 8.32. The van der Waals surface area contributed by atoms with Gasteiger partial charge in [-0.2, -0.15) is 0 Å². The van der Waals surface area contributed by atoms with E-state index in [9.17, 15) is 0 Å². The van der Waals surface area contributed by atoms with Crippen molar-refractivity contribution in [2.45, 2.75) is 65.1 Å². The fourth-order valence-electron chi connectivity index (χ4n) is 2.32. The highest BCUT2D eigenvalue weighted by atomic mass is 32.1. The number of rotatable bonds is 7. The molecule has 0 saturated carbocycles. The quantitative estimate of drug-likeness (QED) is 0.813. The predicted octanol–water partition coefficient (Wildman–Crippen LogP) is 3.78. The molecule has 1 aromatic heterocycles. The van der Waals surface area contributed by atoms with Gasteiger partial charge in [-0.1, -0.05) is 0 Å². The monoisotopic (exact) mass is 269 g/mol. The molecule has 0 spiro atoms. The molecule has 1 rings (SSSR count). The molecule has 0 aliphatic rings. The van der Waals surface area contributed by atoms with E-state index >= 15 is 0 Å². The second-order valence-corrected chi connectivity index (χ2v) is 7.23. The van der Waals surface area contributed by atoms with E-state index < -0.39 is 0 Å². The van der Waals surface area contributed by atoms with Gasteiger partial charge in [-0.3, -0.25) is 0 Å². The molecule has 1 heterocycles. The summed E-state index contributed by atoms with van der Waals surface area (Å²) in [5.74, 6) is 0. The molecule has 0 saturated heterocycles. The van der Waals surface area contributed by atoms with Gasteiger partial charge in [-0.25, -0.2) is 0 Å². The van der Waals surface area contributed by atoms with Gasteiger partial charge in [-0.15, -0.1) is 11.3 Å². The van der Waals surface area contributed by atoms with Crippen molar-refractivity contribution in [3.8, 4) is 0 Å². The van der Waals surface area contributed by atoms with Crippen LogP contribution in [0.4, 0.5) is 0 Å². The summed E-state index contributed by atoms with van der Waals surface area (Å²) >= 11 is 1.90. The van der Waals surface area contributed by atoms with Crippen LogP contribution in [-0.2, 0) is 11.2 Å². The Morgan fingerprint density at radius 3 is 2.44 bits per heavy atom. The van der Waals surface area contributed by atoms with E-state index in [-0.39, 0.29) is 5.60 Å². The normalized spacial score (nSPS) is 15.7. The molecule has 0 aromatic carbocycles. The van der Waals surface area contributed by atoms with E-state index in [2.05, 4.69) is 52.1 Å². The van der Waals surface area contributed by atoms with Crippen LogP contribution < -0.4 is 5.32 Å². The molecule has 0 fully saturated rings. The lowest BCUT2D eigenvalue weighted by Gasteiger charge is -2.29. The van der Waals surface area contributed by atoms with Crippen molar-refractivity contribution in [3.63, 3.8) is 0 Å². The summed E-state index contributed by atoms with van der Waals surface area (Å²) in [6.45, 7) is 10.9. The molecule has 2 atom stereocenters. The zero-order valence-corrected chi connectivity index (χ0v) is 13.4.